The Morgan fingerprint density at radius 1 is 1.21 bits per heavy atom. The first-order chi connectivity index (χ1) is 13.5. The number of morpholine rings is 1. The fourth-order valence-electron chi connectivity index (χ4n) is 2.79. The number of nitrogens with zero attached hydrogens (tertiary/aromatic N) is 4. The summed E-state index contributed by atoms with van der Waals surface area (Å²) in [6, 6.07) is 6.60. The van der Waals surface area contributed by atoms with E-state index in [9.17, 15) is 13.2 Å². The van der Waals surface area contributed by atoms with Crippen LogP contribution in [0, 0.1) is 0 Å². The average molecular weight is 427 g/mol. The van der Waals surface area contributed by atoms with Crippen LogP contribution in [0.25, 0.3) is 11.4 Å². The topological polar surface area (TPSA) is 104 Å². The van der Waals surface area contributed by atoms with E-state index in [1.807, 2.05) is 11.5 Å². The number of carbonyl (C=O) groups is 1. The van der Waals surface area contributed by atoms with E-state index in [1.165, 1.54) is 23.2 Å². The van der Waals surface area contributed by atoms with Gasteiger partial charge >= 0.3 is 5.97 Å². The average Bonchev–Trinajstić information content (AvgIpc) is 3.15. The third-order valence-corrected chi connectivity index (χ3v) is 7.15. The van der Waals surface area contributed by atoms with Gasteiger partial charge < -0.3 is 14.0 Å². The van der Waals surface area contributed by atoms with Crippen LogP contribution in [0.1, 0.15) is 6.92 Å². The van der Waals surface area contributed by atoms with E-state index < -0.39 is 10.0 Å². The maximum absolute atomic E-state index is 12.7. The molecule has 3 rings (SSSR count). The highest BCUT2D eigenvalue weighted by Crippen LogP contribution is 2.26. The molecule has 1 aromatic carbocycles. The SMILES string of the molecule is CCn1c(SCC(=O)OC)nnc1-c1ccc(S(=O)(=O)N2CCOCC2)cc1. The minimum Gasteiger partial charge on any atom is -0.468 e. The van der Waals surface area contributed by atoms with Gasteiger partial charge in [0, 0.05) is 25.2 Å². The molecule has 9 nitrogen and oxygen atoms in total. The monoisotopic (exact) mass is 426 g/mol. The smallest absolute Gasteiger partial charge is 0.316 e. The Morgan fingerprint density at radius 2 is 1.89 bits per heavy atom. The summed E-state index contributed by atoms with van der Waals surface area (Å²) in [4.78, 5) is 11.6. The highest BCUT2D eigenvalue weighted by atomic mass is 32.2. The van der Waals surface area contributed by atoms with Crippen molar-refractivity contribution in [3.05, 3.63) is 24.3 Å². The minimum atomic E-state index is -3.54. The van der Waals surface area contributed by atoms with Crippen LogP contribution in [0.3, 0.4) is 0 Å². The Labute approximate surface area is 168 Å². The summed E-state index contributed by atoms with van der Waals surface area (Å²) in [6.45, 7) is 4.09. The lowest BCUT2D eigenvalue weighted by molar-refractivity contribution is -0.137. The van der Waals surface area contributed by atoms with Crippen molar-refractivity contribution in [3.8, 4) is 11.4 Å². The molecule has 0 spiro atoms. The van der Waals surface area contributed by atoms with E-state index in [4.69, 9.17) is 4.74 Å². The molecule has 1 aliphatic rings. The van der Waals surface area contributed by atoms with Crippen LogP contribution in [0.2, 0.25) is 0 Å². The second kappa shape index (κ2) is 9.03. The third-order valence-electron chi connectivity index (χ3n) is 4.30. The van der Waals surface area contributed by atoms with E-state index >= 15 is 0 Å². The summed E-state index contributed by atoms with van der Waals surface area (Å²) < 4.78 is 38.6. The van der Waals surface area contributed by atoms with Gasteiger partial charge in [-0.1, -0.05) is 11.8 Å². The predicted molar refractivity (Wildman–Crippen MR) is 103 cm³/mol. The number of sulfonamides is 1. The number of hydrogen-bond acceptors (Lipinski definition) is 8. The standard InChI is InChI=1S/C17H22N4O5S2/c1-3-21-16(18-19-17(21)27-12-15(22)25-2)13-4-6-14(7-5-13)28(23,24)20-8-10-26-11-9-20/h4-7H,3,8-12H2,1-2H3. The number of aromatic nitrogens is 3. The lowest BCUT2D eigenvalue weighted by atomic mass is 10.2. The lowest BCUT2D eigenvalue weighted by Crippen LogP contribution is -2.40. The van der Waals surface area contributed by atoms with Crippen molar-refractivity contribution in [2.24, 2.45) is 0 Å². The Kier molecular flexibility index (Phi) is 6.70. The number of benzene rings is 1. The molecule has 0 bridgehead atoms. The fraction of sp³-hybridized carbons (Fsp3) is 0.471. The molecule has 0 amide bonds. The molecule has 2 heterocycles. The first-order valence-corrected chi connectivity index (χ1v) is 11.2. The molecule has 1 aromatic heterocycles. The van der Waals surface area contributed by atoms with Gasteiger partial charge in [0.05, 0.1) is 31.0 Å². The van der Waals surface area contributed by atoms with Crippen molar-refractivity contribution in [2.45, 2.75) is 23.5 Å². The maximum Gasteiger partial charge on any atom is 0.316 e. The zero-order valence-electron chi connectivity index (χ0n) is 15.7. The molecule has 28 heavy (non-hydrogen) atoms. The normalized spacial score (nSPS) is 15.5. The van der Waals surface area contributed by atoms with Crippen molar-refractivity contribution >= 4 is 27.8 Å². The predicted octanol–water partition coefficient (Wildman–Crippen LogP) is 1.25. The molecule has 0 atom stereocenters. The molecule has 0 radical (unpaired) electrons. The third kappa shape index (κ3) is 4.37. The molecule has 0 saturated carbocycles. The summed E-state index contributed by atoms with van der Waals surface area (Å²) in [5.74, 6) is 0.422. The Balaban J connectivity index is 1.81. The molecule has 2 aromatic rings. The number of esters is 1. The molecule has 11 heteroatoms. The Bertz CT molecular complexity index is 922. The molecule has 0 N–H and O–H groups in total. The Hall–Kier alpha value is -1.95. The largest absolute Gasteiger partial charge is 0.468 e. The number of methoxy groups -OCH3 is 1. The van der Waals surface area contributed by atoms with Crippen LogP contribution >= 0.6 is 11.8 Å². The molecule has 1 saturated heterocycles. The van der Waals surface area contributed by atoms with Crippen molar-refractivity contribution in [1.29, 1.82) is 0 Å². The summed E-state index contributed by atoms with van der Waals surface area (Å²) in [7, 11) is -2.20. The maximum atomic E-state index is 12.7. The summed E-state index contributed by atoms with van der Waals surface area (Å²) in [6.07, 6.45) is 0. The van der Waals surface area contributed by atoms with E-state index in [-0.39, 0.29) is 16.6 Å². The number of ether oxygens (including phenoxy) is 2. The van der Waals surface area contributed by atoms with Gasteiger partial charge in [-0.05, 0) is 31.2 Å². The number of thioether (sulfide) groups is 1. The van der Waals surface area contributed by atoms with Gasteiger partial charge in [-0.15, -0.1) is 10.2 Å². The van der Waals surface area contributed by atoms with Gasteiger partial charge in [-0.3, -0.25) is 4.79 Å². The highest BCUT2D eigenvalue weighted by molar-refractivity contribution is 7.99. The minimum absolute atomic E-state index is 0.144. The molecular formula is C17H22N4O5S2. The molecule has 0 unspecified atom stereocenters. The molecule has 1 aliphatic heterocycles. The van der Waals surface area contributed by atoms with Crippen molar-refractivity contribution < 1.29 is 22.7 Å². The number of hydrogen-bond donors (Lipinski definition) is 0. The van der Waals surface area contributed by atoms with E-state index in [0.717, 1.165) is 5.56 Å². The molecular weight excluding hydrogens is 404 g/mol. The van der Waals surface area contributed by atoms with Crippen molar-refractivity contribution in [2.75, 3.05) is 39.2 Å². The fourth-order valence-corrected chi connectivity index (χ4v) is 5.03. The van der Waals surface area contributed by atoms with Crippen LogP contribution in [-0.2, 0) is 30.8 Å². The van der Waals surface area contributed by atoms with E-state index in [2.05, 4.69) is 14.9 Å². The lowest BCUT2D eigenvalue weighted by Gasteiger charge is -2.26. The zero-order valence-corrected chi connectivity index (χ0v) is 17.3. The second-order valence-corrected chi connectivity index (χ2v) is 8.84. The van der Waals surface area contributed by atoms with Gasteiger partial charge in [-0.25, -0.2) is 8.42 Å². The van der Waals surface area contributed by atoms with Gasteiger partial charge in [0.1, 0.15) is 0 Å². The number of carbonyl (C=O) groups excluding carboxylic acids is 1. The van der Waals surface area contributed by atoms with Crippen LogP contribution in [0.5, 0.6) is 0 Å². The molecule has 152 valence electrons. The van der Waals surface area contributed by atoms with Gasteiger partial charge in [-0.2, -0.15) is 4.31 Å². The van der Waals surface area contributed by atoms with Crippen LogP contribution in [0.4, 0.5) is 0 Å². The molecule has 0 aliphatic carbocycles. The second-order valence-electron chi connectivity index (χ2n) is 5.96. The van der Waals surface area contributed by atoms with Crippen LogP contribution < -0.4 is 0 Å². The van der Waals surface area contributed by atoms with Crippen molar-refractivity contribution in [3.63, 3.8) is 0 Å². The summed E-state index contributed by atoms with van der Waals surface area (Å²) >= 11 is 1.25. The van der Waals surface area contributed by atoms with Gasteiger partial charge in [0.15, 0.2) is 11.0 Å². The number of rotatable bonds is 7. The van der Waals surface area contributed by atoms with E-state index in [1.54, 1.807) is 24.3 Å². The molecule has 1 fully saturated rings. The Morgan fingerprint density at radius 3 is 2.50 bits per heavy atom. The summed E-state index contributed by atoms with van der Waals surface area (Å²) in [5, 5.41) is 8.95. The van der Waals surface area contributed by atoms with Gasteiger partial charge in [0.25, 0.3) is 0 Å². The quantitative estimate of drug-likeness (QED) is 0.481. The van der Waals surface area contributed by atoms with Gasteiger partial charge in [0.2, 0.25) is 10.0 Å². The summed E-state index contributed by atoms with van der Waals surface area (Å²) in [5.41, 5.74) is 0.750. The first kappa shape index (κ1) is 20.8. The first-order valence-electron chi connectivity index (χ1n) is 8.78. The van der Waals surface area contributed by atoms with Crippen LogP contribution in [0.15, 0.2) is 34.3 Å². The van der Waals surface area contributed by atoms with Crippen molar-refractivity contribution in [1.82, 2.24) is 19.1 Å². The highest BCUT2D eigenvalue weighted by Gasteiger charge is 2.26. The van der Waals surface area contributed by atoms with Crippen LogP contribution in [-0.4, -0.2) is 72.6 Å². The van der Waals surface area contributed by atoms with E-state index in [0.29, 0.717) is 43.8 Å². The zero-order chi connectivity index (χ0) is 20.1.